The van der Waals surface area contributed by atoms with Gasteiger partial charge in [-0.1, -0.05) is 40.2 Å². The summed E-state index contributed by atoms with van der Waals surface area (Å²) in [6.45, 7) is 4.17. The van der Waals surface area contributed by atoms with Crippen molar-refractivity contribution in [1.29, 1.82) is 0 Å². The van der Waals surface area contributed by atoms with Crippen molar-refractivity contribution in [2.75, 3.05) is 19.4 Å². The Morgan fingerprint density at radius 3 is 2.54 bits per heavy atom. The van der Waals surface area contributed by atoms with Crippen LogP contribution in [-0.4, -0.2) is 50.9 Å². The molecule has 0 amide bonds. The van der Waals surface area contributed by atoms with Gasteiger partial charge in [-0.3, -0.25) is 4.18 Å². The molecule has 6 nitrogen and oxygen atoms in total. The van der Waals surface area contributed by atoms with Gasteiger partial charge in [-0.15, -0.1) is 6.58 Å². The normalized spacial score (nSPS) is 25.1. The minimum Gasteiger partial charge on any atom is -0.270 e. The molecule has 1 aromatic rings. The third kappa shape index (κ3) is 5.16. The minimum atomic E-state index is -3.66. The van der Waals surface area contributed by atoms with E-state index < -0.39 is 24.5 Å². The summed E-state index contributed by atoms with van der Waals surface area (Å²) in [5.41, 5.74) is 0. The molecule has 0 N–H and O–H groups in total. The van der Waals surface area contributed by atoms with E-state index in [2.05, 4.69) is 22.5 Å². The van der Waals surface area contributed by atoms with E-state index in [-0.39, 0.29) is 17.5 Å². The van der Waals surface area contributed by atoms with E-state index >= 15 is 0 Å². The molecule has 2 atom stereocenters. The predicted octanol–water partition coefficient (Wildman–Crippen LogP) is 2.92. The molecule has 9 heteroatoms. The number of alkyl halides is 1. The lowest BCUT2D eigenvalue weighted by atomic mass is 9.86. The van der Waals surface area contributed by atoms with Crippen molar-refractivity contribution in [2.24, 2.45) is 0 Å². The van der Waals surface area contributed by atoms with Crippen molar-refractivity contribution in [2.45, 2.75) is 40.9 Å². The Labute approximate surface area is 164 Å². The molecule has 1 heterocycles. The maximum atomic E-state index is 13.1. The molecule has 146 valence electrons. The Hall–Kier alpha value is -0.740. The first-order chi connectivity index (χ1) is 12.1. The largest absolute Gasteiger partial charge is 0.270 e. The fourth-order valence-electron chi connectivity index (χ4n) is 3.27. The number of rotatable bonds is 8. The van der Waals surface area contributed by atoms with Crippen LogP contribution in [0.1, 0.15) is 25.7 Å². The van der Waals surface area contributed by atoms with Gasteiger partial charge in [0.05, 0.1) is 17.8 Å². The molecule has 0 aromatic heterocycles. The number of piperidine rings is 1. The van der Waals surface area contributed by atoms with Gasteiger partial charge in [-0.25, -0.2) is 8.42 Å². The van der Waals surface area contributed by atoms with Crippen molar-refractivity contribution < 1.29 is 21.0 Å². The molecule has 0 spiro atoms. The van der Waals surface area contributed by atoms with E-state index in [1.165, 1.54) is 4.31 Å². The van der Waals surface area contributed by atoms with Crippen molar-refractivity contribution in [1.82, 2.24) is 4.31 Å². The van der Waals surface area contributed by atoms with E-state index in [0.717, 1.165) is 12.7 Å². The Morgan fingerprint density at radius 1 is 1.31 bits per heavy atom. The average molecular weight is 466 g/mol. The Balaban J connectivity index is 2.30. The second-order valence-electron chi connectivity index (χ2n) is 6.38. The lowest BCUT2D eigenvalue weighted by molar-refractivity contribution is 0.177. The SMILES string of the molecule is C=CCC1N(S(=O)(=O)c2ccccc2)CCCC1(Br)CCOS(C)(=O)=O. The predicted molar refractivity (Wildman–Crippen MR) is 105 cm³/mol. The summed E-state index contributed by atoms with van der Waals surface area (Å²) in [5.74, 6) is 0. The number of nitrogens with zero attached hydrogens (tertiary/aromatic N) is 1. The molecule has 26 heavy (non-hydrogen) atoms. The average Bonchev–Trinajstić information content (AvgIpc) is 2.56. The summed E-state index contributed by atoms with van der Waals surface area (Å²) >= 11 is 3.71. The van der Waals surface area contributed by atoms with Gasteiger partial charge < -0.3 is 0 Å². The standard InChI is InChI=1S/C17H24BrNO5S2/c1-3-8-16-17(18,12-14-24-25(2,20)21)11-7-13-19(16)26(22,23)15-9-5-4-6-10-15/h3-6,9-10,16H,1,7-8,11-14H2,2H3. The highest BCUT2D eigenvalue weighted by Crippen LogP contribution is 2.42. The number of sulfonamides is 1. The van der Waals surface area contributed by atoms with Crippen molar-refractivity contribution in [3.63, 3.8) is 0 Å². The molecule has 0 aliphatic carbocycles. The monoisotopic (exact) mass is 465 g/mol. The van der Waals surface area contributed by atoms with Gasteiger partial charge in [0, 0.05) is 16.9 Å². The highest BCUT2D eigenvalue weighted by Gasteiger charge is 2.46. The van der Waals surface area contributed by atoms with Gasteiger partial charge in [0.25, 0.3) is 10.1 Å². The van der Waals surface area contributed by atoms with Gasteiger partial charge in [0.2, 0.25) is 10.0 Å². The maximum absolute atomic E-state index is 13.1. The van der Waals surface area contributed by atoms with Crippen LogP contribution < -0.4 is 0 Å². The Kier molecular flexibility index (Phi) is 7.06. The maximum Gasteiger partial charge on any atom is 0.264 e. The van der Waals surface area contributed by atoms with Crippen LogP contribution in [0.2, 0.25) is 0 Å². The molecule has 1 aliphatic heterocycles. The van der Waals surface area contributed by atoms with Gasteiger partial charge in [0.15, 0.2) is 0 Å². The van der Waals surface area contributed by atoms with Crippen LogP contribution in [0, 0.1) is 0 Å². The highest BCUT2D eigenvalue weighted by atomic mass is 79.9. The van der Waals surface area contributed by atoms with Crippen LogP contribution in [0.15, 0.2) is 47.9 Å². The van der Waals surface area contributed by atoms with E-state index in [1.807, 2.05) is 0 Å². The quantitative estimate of drug-likeness (QED) is 0.334. The summed E-state index contributed by atoms with van der Waals surface area (Å²) in [6.07, 6.45) is 4.91. The van der Waals surface area contributed by atoms with Crippen LogP contribution in [0.4, 0.5) is 0 Å². The van der Waals surface area contributed by atoms with Gasteiger partial charge in [-0.05, 0) is 37.8 Å². The van der Waals surface area contributed by atoms with E-state index in [1.54, 1.807) is 36.4 Å². The molecule has 1 fully saturated rings. The lowest BCUT2D eigenvalue weighted by Gasteiger charge is -2.46. The fraction of sp³-hybridized carbons (Fsp3) is 0.529. The number of benzene rings is 1. The second kappa shape index (κ2) is 8.52. The Morgan fingerprint density at radius 2 is 1.96 bits per heavy atom. The van der Waals surface area contributed by atoms with Gasteiger partial charge in [0.1, 0.15) is 0 Å². The molecule has 1 aliphatic rings. The van der Waals surface area contributed by atoms with E-state index in [9.17, 15) is 16.8 Å². The number of hydrogen-bond acceptors (Lipinski definition) is 5. The first-order valence-electron chi connectivity index (χ1n) is 8.31. The van der Waals surface area contributed by atoms with Crippen molar-refractivity contribution >= 4 is 36.1 Å². The molecule has 2 unspecified atom stereocenters. The van der Waals surface area contributed by atoms with Crippen LogP contribution in [-0.2, 0) is 24.3 Å². The van der Waals surface area contributed by atoms with E-state index in [4.69, 9.17) is 4.18 Å². The topological polar surface area (TPSA) is 80.8 Å². The van der Waals surface area contributed by atoms with Gasteiger partial charge in [-0.2, -0.15) is 12.7 Å². The second-order valence-corrected chi connectivity index (χ2v) is 11.5. The third-order valence-electron chi connectivity index (χ3n) is 4.47. The molecule has 1 saturated heterocycles. The van der Waals surface area contributed by atoms with Crippen LogP contribution in [0.25, 0.3) is 0 Å². The molecule has 1 aromatic carbocycles. The molecule has 0 saturated carbocycles. The zero-order valence-corrected chi connectivity index (χ0v) is 17.9. The first kappa shape index (κ1) is 21.6. The smallest absolute Gasteiger partial charge is 0.264 e. The minimum absolute atomic E-state index is 0.00303. The summed E-state index contributed by atoms with van der Waals surface area (Å²) in [4.78, 5) is 0.248. The zero-order chi connectivity index (χ0) is 19.4. The highest BCUT2D eigenvalue weighted by molar-refractivity contribution is 9.10. The first-order valence-corrected chi connectivity index (χ1v) is 12.4. The molecular weight excluding hydrogens is 442 g/mol. The summed E-state index contributed by atoms with van der Waals surface area (Å²) in [7, 11) is -7.20. The number of halogens is 1. The fourth-order valence-corrected chi connectivity index (χ4v) is 6.43. The molecule has 0 radical (unpaired) electrons. The molecular formula is C17H24BrNO5S2. The van der Waals surface area contributed by atoms with Crippen LogP contribution >= 0.6 is 15.9 Å². The van der Waals surface area contributed by atoms with Crippen LogP contribution in [0.5, 0.6) is 0 Å². The third-order valence-corrected chi connectivity index (χ3v) is 8.31. The zero-order valence-electron chi connectivity index (χ0n) is 14.7. The van der Waals surface area contributed by atoms with E-state index in [0.29, 0.717) is 25.8 Å². The molecule has 0 bridgehead atoms. The molecule has 2 rings (SSSR count). The summed E-state index contributed by atoms with van der Waals surface area (Å²) < 4.78 is 54.5. The lowest BCUT2D eigenvalue weighted by Crippen LogP contribution is -2.55. The summed E-state index contributed by atoms with van der Waals surface area (Å²) in [6, 6.07) is 7.95. The van der Waals surface area contributed by atoms with Crippen molar-refractivity contribution in [3.8, 4) is 0 Å². The Bertz CT molecular complexity index is 826. The number of hydrogen-bond donors (Lipinski definition) is 0. The summed E-state index contributed by atoms with van der Waals surface area (Å²) in [5, 5.41) is 0. The van der Waals surface area contributed by atoms with Crippen LogP contribution in [0.3, 0.4) is 0 Å². The van der Waals surface area contributed by atoms with Crippen molar-refractivity contribution in [3.05, 3.63) is 43.0 Å². The van der Waals surface area contributed by atoms with Gasteiger partial charge >= 0.3 is 0 Å².